The van der Waals surface area contributed by atoms with E-state index < -0.39 is 0 Å². The summed E-state index contributed by atoms with van der Waals surface area (Å²) in [6.07, 6.45) is 2.14. The molecule has 24 heavy (non-hydrogen) atoms. The Morgan fingerprint density at radius 1 is 1.08 bits per heavy atom. The van der Waals surface area contributed by atoms with Crippen molar-refractivity contribution in [1.82, 2.24) is 5.32 Å². The molecule has 2 aromatic rings. The molecule has 0 bridgehead atoms. The Labute approximate surface area is 145 Å². The van der Waals surface area contributed by atoms with Crippen molar-refractivity contribution in [1.29, 1.82) is 0 Å². The molecule has 0 fully saturated rings. The van der Waals surface area contributed by atoms with Crippen molar-refractivity contribution in [3.05, 3.63) is 64.7 Å². The Morgan fingerprint density at radius 2 is 1.79 bits per heavy atom. The van der Waals surface area contributed by atoms with E-state index in [0.29, 0.717) is 6.42 Å². The molecule has 0 saturated heterocycles. The number of carbonyl (C=O) groups is 1. The van der Waals surface area contributed by atoms with E-state index in [1.165, 1.54) is 16.7 Å². The largest absolute Gasteiger partial charge is 0.497 e. The number of nitrogens with one attached hydrogen (secondary N) is 1. The summed E-state index contributed by atoms with van der Waals surface area (Å²) in [5.74, 6) is 0.922. The van der Waals surface area contributed by atoms with Crippen molar-refractivity contribution in [2.75, 3.05) is 7.11 Å². The fourth-order valence-corrected chi connectivity index (χ4v) is 2.74. The minimum Gasteiger partial charge on any atom is -0.497 e. The first-order valence-corrected chi connectivity index (χ1v) is 8.53. The molecule has 0 aromatic heterocycles. The molecule has 3 nitrogen and oxygen atoms in total. The zero-order valence-electron chi connectivity index (χ0n) is 15.1. The van der Waals surface area contributed by atoms with E-state index >= 15 is 0 Å². The number of hydrogen-bond acceptors (Lipinski definition) is 2. The van der Waals surface area contributed by atoms with Crippen LogP contribution >= 0.6 is 0 Å². The summed E-state index contributed by atoms with van der Waals surface area (Å²) in [6.45, 7) is 6.29. The third-order valence-corrected chi connectivity index (χ3v) is 4.47. The van der Waals surface area contributed by atoms with Gasteiger partial charge in [0.15, 0.2) is 0 Å². The van der Waals surface area contributed by atoms with E-state index in [0.717, 1.165) is 24.2 Å². The first kappa shape index (κ1) is 18.1. The van der Waals surface area contributed by atoms with Gasteiger partial charge in [-0.3, -0.25) is 4.79 Å². The topological polar surface area (TPSA) is 38.3 Å². The fourth-order valence-electron chi connectivity index (χ4n) is 2.74. The summed E-state index contributed by atoms with van der Waals surface area (Å²) < 4.78 is 5.18. The molecule has 0 heterocycles. The quantitative estimate of drug-likeness (QED) is 0.813. The molecule has 1 atom stereocenters. The maximum atomic E-state index is 12.3. The van der Waals surface area contributed by atoms with Gasteiger partial charge in [0.1, 0.15) is 5.75 Å². The molecule has 2 rings (SSSR count). The number of carbonyl (C=O) groups excluding carboxylic acids is 1. The van der Waals surface area contributed by atoms with Crippen LogP contribution in [0.3, 0.4) is 0 Å². The third kappa shape index (κ3) is 4.85. The summed E-state index contributed by atoms with van der Waals surface area (Å²) in [6, 6.07) is 14.3. The van der Waals surface area contributed by atoms with Crippen molar-refractivity contribution in [3.8, 4) is 5.75 Å². The van der Waals surface area contributed by atoms with Crippen LogP contribution in [0.25, 0.3) is 0 Å². The van der Waals surface area contributed by atoms with Crippen LogP contribution in [0.5, 0.6) is 5.75 Å². The summed E-state index contributed by atoms with van der Waals surface area (Å²) >= 11 is 0. The van der Waals surface area contributed by atoms with E-state index in [1.807, 2.05) is 24.3 Å². The fraction of sp³-hybridized carbons (Fsp3) is 0.381. The standard InChI is InChI=1S/C21H27NO2/c1-5-20(18-9-11-19(24-4)12-10-18)22-21(23)13-8-17-7-6-15(2)16(3)14-17/h6-7,9-12,14,20H,5,8,13H2,1-4H3,(H,22,23)/t20-/m1/s1. The van der Waals surface area contributed by atoms with Crippen LogP contribution < -0.4 is 10.1 Å². The number of aryl methyl sites for hydroxylation is 3. The van der Waals surface area contributed by atoms with Crippen molar-refractivity contribution < 1.29 is 9.53 Å². The Morgan fingerprint density at radius 3 is 2.38 bits per heavy atom. The Balaban J connectivity index is 1.92. The van der Waals surface area contributed by atoms with Crippen molar-refractivity contribution in [3.63, 3.8) is 0 Å². The van der Waals surface area contributed by atoms with E-state index in [2.05, 4.69) is 44.3 Å². The SMILES string of the molecule is CC[C@@H](NC(=O)CCc1ccc(C)c(C)c1)c1ccc(OC)cc1. The van der Waals surface area contributed by atoms with Gasteiger partial charge in [-0.15, -0.1) is 0 Å². The van der Waals surface area contributed by atoms with Gasteiger partial charge in [-0.2, -0.15) is 0 Å². The van der Waals surface area contributed by atoms with Crippen LogP contribution in [0.1, 0.15) is 48.1 Å². The molecule has 1 amide bonds. The molecule has 0 aliphatic heterocycles. The maximum Gasteiger partial charge on any atom is 0.220 e. The zero-order chi connectivity index (χ0) is 17.5. The molecule has 2 aromatic carbocycles. The second-order valence-corrected chi connectivity index (χ2v) is 6.22. The minimum absolute atomic E-state index is 0.0446. The molecule has 0 aliphatic rings. The summed E-state index contributed by atoms with van der Waals surface area (Å²) in [5.41, 5.74) is 4.88. The minimum atomic E-state index is 0.0446. The predicted octanol–water partition coefficient (Wildman–Crippen LogP) is 4.51. The molecular formula is C21H27NO2. The van der Waals surface area contributed by atoms with Crippen LogP contribution in [-0.4, -0.2) is 13.0 Å². The molecule has 0 saturated carbocycles. The van der Waals surface area contributed by atoms with Gasteiger partial charge in [0, 0.05) is 6.42 Å². The summed E-state index contributed by atoms with van der Waals surface area (Å²) in [7, 11) is 1.65. The number of ether oxygens (including phenoxy) is 1. The second-order valence-electron chi connectivity index (χ2n) is 6.22. The average Bonchev–Trinajstić information content (AvgIpc) is 2.61. The lowest BCUT2D eigenvalue weighted by molar-refractivity contribution is -0.121. The van der Waals surface area contributed by atoms with Crippen LogP contribution in [0.15, 0.2) is 42.5 Å². The van der Waals surface area contributed by atoms with Crippen molar-refractivity contribution in [2.45, 2.75) is 46.1 Å². The van der Waals surface area contributed by atoms with E-state index in [9.17, 15) is 4.79 Å². The highest BCUT2D eigenvalue weighted by Gasteiger charge is 2.13. The van der Waals surface area contributed by atoms with Crippen LogP contribution in [0.2, 0.25) is 0 Å². The van der Waals surface area contributed by atoms with Gasteiger partial charge in [-0.05, 0) is 61.1 Å². The molecule has 1 N–H and O–H groups in total. The highest BCUT2D eigenvalue weighted by molar-refractivity contribution is 5.76. The smallest absolute Gasteiger partial charge is 0.220 e. The van der Waals surface area contributed by atoms with Gasteiger partial charge in [0.05, 0.1) is 13.2 Å². The number of amides is 1. The van der Waals surface area contributed by atoms with Gasteiger partial charge in [0.25, 0.3) is 0 Å². The maximum absolute atomic E-state index is 12.3. The molecule has 0 aliphatic carbocycles. The molecular weight excluding hydrogens is 298 g/mol. The van der Waals surface area contributed by atoms with Crippen LogP contribution in [0, 0.1) is 13.8 Å². The van der Waals surface area contributed by atoms with Gasteiger partial charge in [-0.1, -0.05) is 37.3 Å². The van der Waals surface area contributed by atoms with E-state index in [-0.39, 0.29) is 11.9 Å². The molecule has 0 radical (unpaired) electrons. The normalized spacial score (nSPS) is 11.8. The molecule has 128 valence electrons. The summed E-state index contributed by atoms with van der Waals surface area (Å²) in [4.78, 5) is 12.3. The summed E-state index contributed by atoms with van der Waals surface area (Å²) in [5, 5.41) is 3.14. The average molecular weight is 325 g/mol. The zero-order valence-corrected chi connectivity index (χ0v) is 15.1. The Kier molecular flexibility index (Phi) is 6.42. The monoisotopic (exact) mass is 325 g/mol. The number of rotatable bonds is 7. The molecule has 0 spiro atoms. The number of benzene rings is 2. The number of methoxy groups -OCH3 is 1. The Bertz CT molecular complexity index is 677. The third-order valence-electron chi connectivity index (χ3n) is 4.47. The highest BCUT2D eigenvalue weighted by atomic mass is 16.5. The van der Waals surface area contributed by atoms with E-state index in [4.69, 9.17) is 4.74 Å². The Hall–Kier alpha value is -2.29. The number of hydrogen-bond donors (Lipinski definition) is 1. The lowest BCUT2D eigenvalue weighted by atomic mass is 10.0. The van der Waals surface area contributed by atoms with Gasteiger partial charge >= 0.3 is 0 Å². The van der Waals surface area contributed by atoms with E-state index in [1.54, 1.807) is 7.11 Å². The first-order valence-electron chi connectivity index (χ1n) is 8.53. The van der Waals surface area contributed by atoms with Crippen LogP contribution in [0.4, 0.5) is 0 Å². The van der Waals surface area contributed by atoms with Gasteiger partial charge < -0.3 is 10.1 Å². The molecule has 0 unspecified atom stereocenters. The second kappa shape index (κ2) is 8.53. The predicted molar refractivity (Wildman–Crippen MR) is 98.4 cm³/mol. The lowest BCUT2D eigenvalue weighted by Gasteiger charge is -2.18. The lowest BCUT2D eigenvalue weighted by Crippen LogP contribution is -2.28. The van der Waals surface area contributed by atoms with Gasteiger partial charge in [0.2, 0.25) is 5.91 Å². The first-order chi connectivity index (χ1) is 11.5. The highest BCUT2D eigenvalue weighted by Crippen LogP contribution is 2.20. The van der Waals surface area contributed by atoms with Crippen LogP contribution in [-0.2, 0) is 11.2 Å². The van der Waals surface area contributed by atoms with Crippen molar-refractivity contribution >= 4 is 5.91 Å². The van der Waals surface area contributed by atoms with Crippen molar-refractivity contribution in [2.24, 2.45) is 0 Å². The molecule has 3 heteroatoms. The van der Waals surface area contributed by atoms with Gasteiger partial charge in [-0.25, -0.2) is 0 Å².